The summed E-state index contributed by atoms with van der Waals surface area (Å²) >= 11 is 2.94. The van der Waals surface area contributed by atoms with Crippen LogP contribution in [0.2, 0.25) is 0 Å². The molecular weight excluding hydrogens is 331 g/mol. The third kappa shape index (κ3) is 5.37. The molecule has 0 aromatic heterocycles. The molecule has 0 saturated carbocycles. The van der Waals surface area contributed by atoms with E-state index < -0.39 is 6.36 Å². The van der Waals surface area contributed by atoms with Crippen molar-refractivity contribution in [2.24, 2.45) is 0 Å². The van der Waals surface area contributed by atoms with E-state index in [0.717, 1.165) is 6.07 Å². The second-order valence-corrected chi connectivity index (χ2v) is 4.57. The van der Waals surface area contributed by atoms with Crippen LogP contribution in [-0.2, 0) is 4.79 Å². The number of hydrogen-bond acceptors (Lipinski definition) is 3. The van der Waals surface area contributed by atoms with Crippen LogP contribution in [0.4, 0.5) is 13.2 Å². The smallest absolute Gasteiger partial charge is 0.484 e. The molecule has 0 radical (unpaired) electrons. The molecule has 0 aliphatic rings. The molecular formula is C11H11BrF3NO3. The quantitative estimate of drug-likeness (QED) is 0.845. The number of hydrogen-bond donors (Lipinski definition) is 0. The third-order valence-corrected chi connectivity index (χ3v) is 2.61. The Hall–Kier alpha value is -1.44. The van der Waals surface area contributed by atoms with Crippen molar-refractivity contribution in [3.05, 3.63) is 22.7 Å². The van der Waals surface area contributed by atoms with Gasteiger partial charge in [0.25, 0.3) is 5.91 Å². The zero-order valence-corrected chi connectivity index (χ0v) is 11.7. The molecule has 0 fully saturated rings. The Labute approximate surface area is 116 Å². The third-order valence-electron chi connectivity index (χ3n) is 1.99. The lowest BCUT2D eigenvalue weighted by Crippen LogP contribution is -2.27. The maximum Gasteiger partial charge on any atom is 0.573 e. The van der Waals surface area contributed by atoms with Gasteiger partial charge in [-0.25, -0.2) is 0 Å². The van der Waals surface area contributed by atoms with Crippen molar-refractivity contribution in [1.29, 1.82) is 0 Å². The summed E-state index contributed by atoms with van der Waals surface area (Å²) in [5.41, 5.74) is 0. The molecule has 0 saturated heterocycles. The number of benzene rings is 1. The maximum absolute atomic E-state index is 12.0. The van der Waals surface area contributed by atoms with E-state index in [9.17, 15) is 18.0 Å². The van der Waals surface area contributed by atoms with Crippen LogP contribution in [0.1, 0.15) is 0 Å². The molecule has 4 nitrogen and oxygen atoms in total. The van der Waals surface area contributed by atoms with Gasteiger partial charge in [-0.15, -0.1) is 13.2 Å². The van der Waals surface area contributed by atoms with E-state index in [4.69, 9.17) is 4.74 Å². The van der Waals surface area contributed by atoms with Gasteiger partial charge in [-0.1, -0.05) is 0 Å². The Morgan fingerprint density at radius 2 is 2.00 bits per heavy atom. The minimum absolute atomic E-state index is 0.0830. The van der Waals surface area contributed by atoms with Crippen molar-refractivity contribution in [2.45, 2.75) is 6.36 Å². The first-order valence-electron chi connectivity index (χ1n) is 5.07. The molecule has 1 aromatic rings. The fourth-order valence-electron chi connectivity index (χ4n) is 1.05. The van der Waals surface area contributed by atoms with Crippen molar-refractivity contribution in [3.63, 3.8) is 0 Å². The van der Waals surface area contributed by atoms with E-state index in [1.165, 1.54) is 17.0 Å². The number of carbonyl (C=O) groups is 1. The highest BCUT2D eigenvalue weighted by Gasteiger charge is 2.32. The standard InChI is InChI=1S/C11H11BrF3NO3/c1-16(2)10(17)6-18-7-3-4-9(8(12)5-7)19-11(13,14)15/h3-5H,6H2,1-2H3. The first-order chi connectivity index (χ1) is 8.69. The van der Waals surface area contributed by atoms with Crippen LogP contribution in [0, 0.1) is 0 Å². The van der Waals surface area contributed by atoms with Crippen LogP contribution in [0.5, 0.6) is 11.5 Å². The Kier molecular flexibility index (Phi) is 5.04. The summed E-state index contributed by atoms with van der Waals surface area (Å²) in [6.45, 7) is -0.196. The molecule has 0 N–H and O–H groups in total. The van der Waals surface area contributed by atoms with E-state index in [1.807, 2.05) is 0 Å². The van der Waals surface area contributed by atoms with Gasteiger partial charge in [-0.05, 0) is 34.1 Å². The van der Waals surface area contributed by atoms with Gasteiger partial charge in [0.1, 0.15) is 11.5 Å². The number of alkyl halides is 3. The van der Waals surface area contributed by atoms with Gasteiger partial charge in [0.2, 0.25) is 0 Å². The number of ether oxygens (including phenoxy) is 2. The molecule has 0 spiro atoms. The van der Waals surface area contributed by atoms with Crippen molar-refractivity contribution in [3.8, 4) is 11.5 Å². The minimum Gasteiger partial charge on any atom is -0.484 e. The first-order valence-corrected chi connectivity index (χ1v) is 5.86. The molecule has 1 aromatic carbocycles. The summed E-state index contributed by atoms with van der Waals surface area (Å²) < 4.78 is 45.1. The zero-order valence-electron chi connectivity index (χ0n) is 10.1. The molecule has 0 heterocycles. The normalized spacial score (nSPS) is 11.1. The Morgan fingerprint density at radius 3 is 2.47 bits per heavy atom. The lowest BCUT2D eigenvalue weighted by Gasteiger charge is -2.13. The minimum atomic E-state index is -4.76. The van der Waals surface area contributed by atoms with E-state index >= 15 is 0 Å². The highest BCUT2D eigenvalue weighted by Crippen LogP contribution is 2.33. The predicted molar refractivity (Wildman–Crippen MR) is 65.0 cm³/mol. The van der Waals surface area contributed by atoms with Crippen LogP contribution >= 0.6 is 15.9 Å². The van der Waals surface area contributed by atoms with E-state index in [-0.39, 0.29) is 28.5 Å². The number of amides is 1. The van der Waals surface area contributed by atoms with Gasteiger partial charge in [-0.3, -0.25) is 4.79 Å². The lowest BCUT2D eigenvalue weighted by atomic mass is 10.3. The van der Waals surface area contributed by atoms with Crippen molar-refractivity contribution in [1.82, 2.24) is 4.90 Å². The largest absolute Gasteiger partial charge is 0.573 e. The Morgan fingerprint density at radius 1 is 1.37 bits per heavy atom. The summed E-state index contributed by atoms with van der Waals surface area (Å²) in [5.74, 6) is -0.373. The highest BCUT2D eigenvalue weighted by molar-refractivity contribution is 9.10. The van der Waals surface area contributed by atoms with Gasteiger partial charge < -0.3 is 14.4 Å². The number of halogens is 4. The molecule has 0 unspecified atom stereocenters. The molecule has 1 amide bonds. The predicted octanol–water partition coefficient (Wildman–Crippen LogP) is 2.81. The maximum atomic E-state index is 12.0. The summed E-state index contributed by atoms with van der Waals surface area (Å²) in [5, 5.41) is 0. The fraction of sp³-hybridized carbons (Fsp3) is 0.364. The molecule has 0 atom stereocenters. The Bertz CT molecular complexity index is 463. The molecule has 0 aliphatic carbocycles. The van der Waals surface area contributed by atoms with Crippen LogP contribution in [0.15, 0.2) is 22.7 Å². The number of likely N-dealkylation sites (N-methyl/N-ethyl adjacent to an activating group) is 1. The molecule has 0 bridgehead atoms. The topological polar surface area (TPSA) is 38.8 Å². The van der Waals surface area contributed by atoms with Crippen LogP contribution < -0.4 is 9.47 Å². The van der Waals surface area contributed by atoms with Gasteiger partial charge >= 0.3 is 6.36 Å². The second-order valence-electron chi connectivity index (χ2n) is 3.72. The van der Waals surface area contributed by atoms with Gasteiger partial charge in [0.15, 0.2) is 6.61 Å². The first kappa shape index (κ1) is 15.6. The number of rotatable bonds is 4. The SMILES string of the molecule is CN(C)C(=O)COc1ccc(OC(F)(F)F)c(Br)c1. The van der Waals surface area contributed by atoms with Crippen molar-refractivity contribution >= 4 is 21.8 Å². The summed E-state index contributed by atoms with van der Waals surface area (Å²) in [6, 6.07) is 3.69. The van der Waals surface area contributed by atoms with Crippen molar-refractivity contribution < 1.29 is 27.4 Å². The Balaban J connectivity index is 2.69. The van der Waals surface area contributed by atoms with Gasteiger partial charge in [0, 0.05) is 14.1 Å². The summed E-state index contributed by atoms with van der Waals surface area (Å²) in [4.78, 5) is 12.6. The molecule has 1 rings (SSSR count). The van der Waals surface area contributed by atoms with Crippen molar-refractivity contribution in [2.75, 3.05) is 20.7 Å². The lowest BCUT2D eigenvalue weighted by molar-refractivity contribution is -0.274. The van der Waals surface area contributed by atoms with Gasteiger partial charge in [0.05, 0.1) is 4.47 Å². The van der Waals surface area contributed by atoms with E-state index in [2.05, 4.69) is 20.7 Å². The monoisotopic (exact) mass is 341 g/mol. The zero-order chi connectivity index (χ0) is 14.6. The van der Waals surface area contributed by atoms with Crippen LogP contribution in [0.3, 0.4) is 0 Å². The highest BCUT2D eigenvalue weighted by atomic mass is 79.9. The number of nitrogens with zero attached hydrogens (tertiary/aromatic N) is 1. The molecule has 19 heavy (non-hydrogen) atoms. The molecule has 106 valence electrons. The molecule has 0 aliphatic heterocycles. The summed E-state index contributed by atoms with van der Waals surface area (Å²) in [7, 11) is 3.14. The van der Waals surface area contributed by atoms with E-state index in [1.54, 1.807) is 14.1 Å². The van der Waals surface area contributed by atoms with Gasteiger partial charge in [-0.2, -0.15) is 0 Å². The average Bonchev–Trinajstić information content (AvgIpc) is 2.27. The van der Waals surface area contributed by atoms with Crippen LogP contribution in [-0.4, -0.2) is 37.9 Å². The van der Waals surface area contributed by atoms with Crippen LogP contribution in [0.25, 0.3) is 0 Å². The average molecular weight is 342 g/mol. The number of carbonyl (C=O) groups excluding carboxylic acids is 1. The fourth-order valence-corrected chi connectivity index (χ4v) is 1.49. The summed E-state index contributed by atoms with van der Waals surface area (Å²) in [6.07, 6.45) is -4.76. The molecule has 8 heteroatoms. The van der Waals surface area contributed by atoms with E-state index in [0.29, 0.717) is 0 Å². The second kappa shape index (κ2) is 6.14.